The molecule has 0 fully saturated rings. The molecule has 0 radical (unpaired) electrons. The zero-order chi connectivity index (χ0) is 17.8. The molecule has 1 unspecified atom stereocenters. The van der Waals surface area contributed by atoms with Crippen molar-refractivity contribution in [3.8, 4) is 0 Å². The molecule has 25 heavy (non-hydrogen) atoms. The Kier molecular flexibility index (Phi) is 3.60. The van der Waals surface area contributed by atoms with Crippen molar-refractivity contribution in [3.05, 3.63) is 88.2 Å². The van der Waals surface area contributed by atoms with E-state index in [0.29, 0.717) is 0 Å². The maximum absolute atomic E-state index is 6.24. The zero-order valence-electron chi connectivity index (χ0n) is 15.0. The highest BCUT2D eigenvalue weighted by Gasteiger charge is 2.39. The molecule has 0 aromatic heterocycles. The van der Waals surface area contributed by atoms with Gasteiger partial charge in [-0.2, -0.15) is 0 Å². The summed E-state index contributed by atoms with van der Waals surface area (Å²) in [6, 6.07) is 15.0. The van der Waals surface area contributed by atoms with E-state index < -0.39 is 8.07 Å². The van der Waals surface area contributed by atoms with Crippen molar-refractivity contribution in [2.75, 3.05) is 5.73 Å². The number of rotatable bonds is 1. The van der Waals surface area contributed by atoms with Crippen molar-refractivity contribution in [3.63, 3.8) is 0 Å². The second kappa shape index (κ2) is 5.58. The van der Waals surface area contributed by atoms with Gasteiger partial charge in [-0.15, -0.1) is 0 Å². The van der Waals surface area contributed by atoms with E-state index in [1.54, 1.807) is 0 Å². The number of nitrogen functional groups attached to an aromatic ring is 1. The average molecular weight is 345 g/mol. The Hall–Kier alpha value is -2.36. The molecule has 1 aliphatic carbocycles. The number of aryl methyl sites for hydroxylation is 1. The lowest BCUT2D eigenvalue weighted by Gasteiger charge is -2.38. The van der Waals surface area contributed by atoms with Gasteiger partial charge in [-0.3, -0.25) is 0 Å². The Morgan fingerprint density at radius 1 is 1.00 bits per heavy atom. The minimum atomic E-state index is -1.85. The normalized spacial score (nSPS) is 20.8. The predicted octanol–water partition coefficient (Wildman–Crippen LogP) is 3.67. The van der Waals surface area contributed by atoms with Gasteiger partial charge in [-0.1, -0.05) is 61.7 Å². The Bertz CT molecular complexity index is 964. The molecule has 0 amide bonds. The topological polar surface area (TPSA) is 52.0 Å². The molecular weight excluding hydrogens is 320 g/mol. The van der Waals surface area contributed by atoms with Crippen LogP contribution in [0, 0.1) is 6.92 Å². The van der Waals surface area contributed by atoms with Gasteiger partial charge in [0.15, 0.2) is 0 Å². The largest absolute Gasteiger partial charge is 0.399 e. The third-order valence-electron chi connectivity index (χ3n) is 5.48. The molecular formula is C22H24N2Si. The summed E-state index contributed by atoms with van der Waals surface area (Å²) in [5.74, 6) is 0. The van der Waals surface area contributed by atoms with Crippen LogP contribution in [0.2, 0.25) is 13.1 Å². The molecule has 4 N–H and O–H groups in total. The lowest BCUT2D eigenvalue weighted by atomic mass is 9.87. The van der Waals surface area contributed by atoms with E-state index in [-0.39, 0.29) is 6.04 Å². The first kappa shape index (κ1) is 16.1. The first-order chi connectivity index (χ1) is 11.9. The Balaban J connectivity index is 2.12. The van der Waals surface area contributed by atoms with Crippen LogP contribution in [0.25, 0.3) is 5.57 Å². The molecule has 2 aromatic rings. The number of benzene rings is 2. The summed E-state index contributed by atoms with van der Waals surface area (Å²) < 4.78 is 0. The van der Waals surface area contributed by atoms with E-state index >= 15 is 0 Å². The van der Waals surface area contributed by atoms with E-state index in [1.807, 2.05) is 6.07 Å². The van der Waals surface area contributed by atoms with Gasteiger partial charge >= 0.3 is 0 Å². The van der Waals surface area contributed by atoms with Crippen LogP contribution in [0.4, 0.5) is 5.69 Å². The Morgan fingerprint density at radius 2 is 1.76 bits per heavy atom. The quantitative estimate of drug-likeness (QED) is 0.612. The van der Waals surface area contributed by atoms with Crippen LogP contribution in [-0.2, 0) is 0 Å². The molecule has 2 aromatic carbocycles. The molecule has 2 aliphatic rings. The monoisotopic (exact) mass is 344 g/mol. The fourth-order valence-electron chi connectivity index (χ4n) is 4.13. The zero-order valence-corrected chi connectivity index (χ0v) is 16.0. The Morgan fingerprint density at radius 3 is 2.52 bits per heavy atom. The Labute approximate surface area is 150 Å². The predicted molar refractivity (Wildman–Crippen MR) is 110 cm³/mol. The minimum Gasteiger partial charge on any atom is -0.399 e. The van der Waals surface area contributed by atoms with Crippen LogP contribution in [0.3, 0.4) is 0 Å². The molecule has 0 spiro atoms. The first-order valence-electron chi connectivity index (χ1n) is 8.76. The van der Waals surface area contributed by atoms with Crippen LogP contribution < -0.4 is 16.7 Å². The van der Waals surface area contributed by atoms with Gasteiger partial charge in [0.1, 0.15) is 8.07 Å². The highest BCUT2D eigenvalue weighted by atomic mass is 28.3. The number of hydrogen-bond acceptors (Lipinski definition) is 2. The van der Waals surface area contributed by atoms with Gasteiger partial charge in [-0.05, 0) is 57.3 Å². The second-order valence-corrected chi connectivity index (χ2v) is 11.9. The van der Waals surface area contributed by atoms with Gasteiger partial charge < -0.3 is 11.5 Å². The van der Waals surface area contributed by atoms with Crippen LogP contribution in [0.1, 0.15) is 16.7 Å². The fourth-order valence-corrected chi connectivity index (χ4v) is 7.32. The fraction of sp³-hybridized carbons (Fsp3) is 0.182. The number of allylic oxidation sites excluding steroid dienone is 3. The average Bonchev–Trinajstić information content (AvgIpc) is 2.58. The van der Waals surface area contributed by atoms with Crippen LogP contribution in [0.15, 0.2) is 71.5 Å². The summed E-state index contributed by atoms with van der Waals surface area (Å²) in [7, 11) is -1.85. The summed E-state index contributed by atoms with van der Waals surface area (Å²) in [6.07, 6.45) is 6.59. The standard InChI is InChI=1S/C22H24N2Si/c1-14-6-4-5-7-17(14)22-18-10-8-15(23)12-20(18)25(2,3)21-13-16(24)9-11-19(21)22/h4-13,15H,23-24H2,1-3H3. The van der Waals surface area contributed by atoms with Gasteiger partial charge in [-0.25, -0.2) is 0 Å². The number of anilines is 1. The van der Waals surface area contributed by atoms with Gasteiger partial charge in [0.05, 0.1) is 0 Å². The molecule has 1 atom stereocenters. The van der Waals surface area contributed by atoms with E-state index in [9.17, 15) is 0 Å². The third kappa shape index (κ3) is 2.43. The SMILES string of the molecule is Cc1ccccc1C1=C2C=CC(N)C=C2[Si](C)(C)c2cc(N)ccc21. The van der Waals surface area contributed by atoms with E-state index in [2.05, 4.69) is 74.6 Å². The van der Waals surface area contributed by atoms with Crippen molar-refractivity contribution >= 4 is 24.5 Å². The van der Waals surface area contributed by atoms with Gasteiger partial charge in [0.25, 0.3) is 0 Å². The summed E-state index contributed by atoms with van der Waals surface area (Å²) in [6.45, 7) is 6.98. The van der Waals surface area contributed by atoms with Crippen molar-refractivity contribution in [1.82, 2.24) is 0 Å². The summed E-state index contributed by atoms with van der Waals surface area (Å²) >= 11 is 0. The summed E-state index contributed by atoms with van der Waals surface area (Å²) in [5.41, 5.74) is 19.8. The minimum absolute atomic E-state index is 0.00810. The van der Waals surface area contributed by atoms with Crippen LogP contribution in [0.5, 0.6) is 0 Å². The molecule has 0 bridgehead atoms. The highest BCUT2D eigenvalue weighted by molar-refractivity contribution is 6.97. The lowest BCUT2D eigenvalue weighted by Crippen LogP contribution is -2.50. The highest BCUT2D eigenvalue weighted by Crippen LogP contribution is 2.42. The summed E-state index contributed by atoms with van der Waals surface area (Å²) in [4.78, 5) is 0. The van der Waals surface area contributed by atoms with Crippen molar-refractivity contribution < 1.29 is 0 Å². The first-order valence-corrected chi connectivity index (χ1v) is 11.8. The smallest absolute Gasteiger partial charge is 0.113 e. The van der Waals surface area contributed by atoms with E-state index in [4.69, 9.17) is 11.5 Å². The number of fused-ring (bicyclic) bond motifs is 2. The number of nitrogens with two attached hydrogens (primary N) is 2. The molecule has 1 aliphatic heterocycles. The van der Waals surface area contributed by atoms with Crippen molar-refractivity contribution in [2.45, 2.75) is 26.1 Å². The molecule has 2 nitrogen and oxygen atoms in total. The maximum atomic E-state index is 6.24. The van der Waals surface area contributed by atoms with Crippen molar-refractivity contribution in [1.29, 1.82) is 0 Å². The second-order valence-electron chi connectivity index (χ2n) is 7.55. The third-order valence-corrected chi connectivity index (χ3v) is 9.02. The summed E-state index contributed by atoms with van der Waals surface area (Å²) in [5, 5.41) is 2.84. The molecule has 0 saturated heterocycles. The van der Waals surface area contributed by atoms with Gasteiger partial charge in [0, 0.05) is 11.7 Å². The van der Waals surface area contributed by atoms with Crippen LogP contribution >= 0.6 is 0 Å². The van der Waals surface area contributed by atoms with Crippen molar-refractivity contribution in [2.24, 2.45) is 5.73 Å². The number of hydrogen-bond donors (Lipinski definition) is 2. The van der Waals surface area contributed by atoms with E-state index in [0.717, 1.165) is 5.69 Å². The molecule has 3 heteroatoms. The van der Waals surface area contributed by atoms with Crippen LogP contribution in [-0.4, -0.2) is 14.1 Å². The lowest BCUT2D eigenvalue weighted by molar-refractivity contribution is 1.01. The molecule has 0 saturated carbocycles. The van der Waals surface area contributed by atoms with E-state index in [1.165, 1.54) is 38.2 Å². The van der Waals surface area contributed by atoms with Gasteiger partial charge in [0.2, 0.25) is 0 Å². The maximum Gasteiger partial charge on any atom is 0.113 e. The molecule has 1 heterocycles. The molecule has 4 rings (SSSR count). The molecule has 126 valence electrons.